The van der Waals surface area contributed by atoms with Gasteiger partial charge in [0.1, 0.15) is 0 Å². The van der Waals surface area contributed by atoms with Gasteiger partial charge in [-0.2, -0.15) is 0 Å². The molecule has 8 aromatic carbocycles. The molecule has 462 valence electrons. The number of carboxylic acids is 6. The van der Waals surface area contributed by atoms with E-state index in [0.717, 1.165) is 43.6 Å². The molecule has 0 amide bonds. The van der Waals surface area contributed by atoms with E-state index in [1.54, 1.807) is 24.8 Å². The smallest absolute Gasteiger partial charge is 0.545 e. The molecule has 0 aliphatic rings. The first-order chi connectivity index (χ1) is 42.1. The van der Waals surface area contributed by atoms with Crippen LogP contribution in [0.5, 0.6) is 0 Å². The van der Waals surface area contributed by atoms with Crippen molar-refractivity contribution < 1.29 is 154 Å². The summed E-state index contributed by atoms with van der Waals surface area (Å²) >= 11 is 33.0. The summed E-state index contributed by atoms with van der Waals surface area (Å²) in [5.74, 6) is -7.10. The van der Waals surface area contributed by atoms with Gasteiger partial charge >= 0.3 is 83.5 Å². The van der Waals surface area contributed by atoms with Gasteiger partial charge in [0.05, 0.1) is 57.9 Å². The van der Waals surface area contributed by atoms with E-state index in [4.69, 9.17) is 69.6 Å². The van der Waals surface area contributed by atoms with Crippen LogP contribution in [0, 0.1) is 83.5 Å². The second-order valence-electron chi connectivity index (χ2n) is 17.2. The third kappa shape index (κ3) is 28.7. The Labute approximate surface area is 622 Å². The number of rotatable bonds is 6. The molecule has 4 heterocycles. The molecular formula is C66H46Ce2Cl6N4O14+2. The molecule has 26 heteroatoms. The van der Waals surface area contributed by atoms with E-state index in [-0.39, 0.29) is 128 Å². The van der Waals surface area contributed by atoms with Crippen molar-refractivity contribution in [3.63, 3.8) is 0 Å². The van der Waals surface area contributed by atoms with Crippen LogP contribution in [0.4, 0.5) is 0 Å². The monoisotopic (exact) mass is 1610 g/mol. The first-order valence-electron chi connectivity index (χ1n) is 25.1. The molecular weight excluding hydrogens is 1570 g/mol. The summed E-state index contributed by atoms with van der Waals surface area (Å²) in [6.07, 6.45) is 7.21. The SMILES string of the molecule is O=C([O-])c1ccc(Cl)cc1.O=C([O-])c1ccc(Cl)cc1.O=C([O-])c1ccc(Cl)cc1.O=C([O-])c1ccc(Cl)cc1.O=C([O-])c1ccc(Cl)cc1.O=C([O-])c1ccc(Cl)cc1.[Ce+3].[Ce+3].[OH3+].[OH3+].c1cnc2c(c1)ccc1cccnc12.c1cnc2c(c1)ccc1cccnc12. The van der Waals surface area contributed by atoms with E-state index in [0.29, 0.717) is 30.1 Å². The molecule has 6 N–H and O–H groups in total. The number of nitrogens with zero attached hydrogens (tertiary/aromatic N) is 4. The Morgan fingerprint density at radius 3 is 0.478 bits per heavy atom. The van der Waals surface area contributed by atoms with E-state index < -0.39 is 35.8 Å². The molecule has 0 saturated carbocycles. The van der Waals surface area contributed by atoms with Gasteiger partial charge in [-0.3, -0.25) is 19.9 Å². The molecule has 0 aliphatic carbocycles. The number of aromatic nitrogens is 4. The molecule has 0 unspecified atom stereocenters. The van der Waals surface area contributed by atoms with Crippen molar-refractivity contribution in [2.24, 2.45) is 0 Å². The minimum Gasteiger partial charge on any atom is -0.545 e. The molecule has 18 nitrogen and oxygen atoms in total. The number of halogens is 6. The summed E-state index contributed by atoms with van der Waals surface area (Å²) in [7, 11) is 0. The predicted octanol–water partition coefficient (Wildman–Crippen LogP) is 7.94. The second-order valence-corrected chi connectivity index (χ2v) is 19.8. The van der Waals surface area contributed by atoms with Crippen molar-refractivity contribution >= 4 is 149 Å². The third-order valence-corrected chi connectivity index (χ3v) is 12.7. The summed E-state index contributed by atoms with van der Waals surface area (Å²) in [4.78, 5) is 78.3. The Hall–Kier alpha value is -7.37. The van der Waals surface area contributed by atoms with Crippen molar-refractivity contribution in [1.29, 1.82) is 0 Å². The fourth-order valence-corrected chi connectivity index (χ4v) is 7.63. The van der Waals surface area contributed by atoms with Gasteiger partial charge in [-0.1, -0.05) is 191 Å². The summed E-state index contributed by atoms with van der Waals surface area (Å²) in [5.41, 5.74) is 4.77. The number of hydrogen-bond donors (Lipinski definition) is 0. The molecule has 0 bridgehead atoms. The van der Waals surface area contributed by atoms with Gasteiger partial charge in [-0.15, -0.1) is 0 Å². The Bertz CT molecular complexity index is 3650. The molecule has 12 aromatic rings. The fraction of sp³-hybridized carbons (Fsp3) is 0. The number of carboxylic acid groups (broad SMARTS) is 6. The van der Waals surface area contributed by atoms with Crippen LogP contribution in [-0.2, 0) is 11.0 Å². The number of fused-ring (bicyclic) bond motifs is 6. The fourth-order valence-electron chi connectivity index (χ4n) is 6.88. The molecule has 0 fully saturated rings. The van der Waals surface area contributed by atoms with Crippen LogP contribution in [0.1, 0.15) is 62.1 Å². The number of carbonyl (C=O) groups is 6. The zero-order valence-corrected chi connectivity index (χ0v) is 58.0. The van der Waals surface area contributed by atoms with Crippen LogP contribution in [-0.4, -0.2) is 55.8 Å². The van der Waals surface area contributed by atoms with Crippen LogP contribution < -0.4 is 30.6 Å². The standard InChI is InChI=1S/2C12H8N2.6C7H5ClO2.2Ce.2H2O/c2*1-3-9-5-6-10-4-2-8-14-12(10)11(9)13-7-1;6*8-6-3-1-5(2-4-6)7(9)10;;;;/h2*1-8H;6*1-4H,(H,9,10);;;2*1H2/q;;;;;;;;2*+3;;/p-4. The van der Waals surface area contributed by atoms with Crippen LogP contribution in [0.3, 0.4) is 0 Å². The van der Waals surface area contributed by atoms with Crippen LogP contribution >= 0.6 is 69.6 Å². The second kappa shape index (κ2) is 43.5. The molecule has 0 aliphatic heterocycles. The van der Waals surface area contributed by atoms with Crippen molar-refractivity contribution in [3.05, 3.63) is 307 Å². The van der Waals surface area contributed by atoms with E-state index in [1.807, 2.05) is 24.3 Å². The van der Waals surface area contributed by atoms with Crippen LogP contribution in [0.25, 0.3) is 43.6 Å². The zero-order chi connectivity index (χ0) is 64.1. The molecule has 0 spiro atoms. The van der Waals surface area contributed by atoms with Crippen LogP contribution in [0.15, 0.2) is 243 Å². The van der Waals surface area contributed by atoms with Crippen molar-refractivity contribution in [1.82, 2.24) is 19.9 Å². The topological polar surface area (TPSA) is 358 Å². The summed E-state index contributed by atoms with van der Waals surface area (Å²) in [5, 5.41) is 68.6. The number of aromatic carboxylic acids is 6. The van der Waals surface area contributed by atoms with Crippen LogP contribution in [0.2, 0.25) is 30.1 Å². The van der Waals surface area contributed by atoms with Gasteiger partial charge in [-0.05, 0) is 130 Å². The van der Waals surface area contributed by atoms with Crippen molar-refractivity contribution in [2.45, 2.75) is 0 Å². The summed E-state index contributed by atoms with van der Waals surface area (Å²) in [6, 6.07) is 59.2. The third-order valence-electron chi connectivity index (χ3n) is 11.2. The molecule has 4 aromatic heterocycles. The van der Waals surface area contributed by atoms with Gasteiger partial charge in [0.15, 0.2) is 0 Å². The average molecular weight is 1610 g/mol. The molecule has 0 atom stereocenters. The van der Waals surface area contributed by atoms with Gasteiger partial charge in [0.2, 0.25) is 0 Å². The van der Waals surface area contributed by atoms with Gasteiger partial charge in [-0.25, -0.2) is 0 Å². The van der Waals surface area contributed by atoms with E-state index >= 15 is 0 Å². The van der Waals surface area contributed by atoms with Crippen molar-refractivity contribution in [2.75, 3.05) is 0 Å². The number of benzene rings is 8. The Balaban J connectivity index is 0.000000525. The maximum absolute atomic E-state index is 10.2. The van der Waals surface area contributed by atoms with Gasteiger partial charge < -0.3 is 70.4 Å². The minimum atomic E-state index is -1.18. The predicted molar refractivity (Wildman–Crippen MR) is 339 cm³/mol. The van der Waals surface area contributed by atoms with E-state index in [1.165, 1.54) is 146 Å². The largest absolute Gasteiger partial charge is 3.00 e. The minimum absolute atomic E-state index is 0. The molecule has 12 rings (SSSR count). The van der Waals surface area contributed by atoms with E-state index in [2.05, 4.69) is 68.5 Å². The number of hydrogen-bond acceptors (Lipinski definition) is 16. The summed E-state index contributed by atoms with van der Waals surface area (Å²) < 4.78 is 0. The quantitative estimate of drug-likeness (QED) is 0.113. The van der Waals surface area contributed by atoms with Gasteiger partial charge in [0, 0.05) is 76.5 Å². The van der Waals surface area contributed by atoms with Gasteiger partial charge in [0.25, 0.3) is 0 Å². The van der Waals surface area contributed by atoms with Crippen molar-refractivity contribution in [3.8, 4) is 0 Å². The number of carbonyl (C=O) groups excluding carboxylic acids is 6. The van der Waals surface area contributed by atoms with E-state index in [9.17, 15) is 59.4 Å². The maximum atomic E-state index is 10.2. The normalized spacial score (nSPS) is 9.37. The summed E-state index contributed by atoms with van der Waals surface area (Å²) in [6.45, 7) is 0. The Morgan fingerprint density at radius 2 is 0.359 bits per heavy atom. The first-order valence-corrected chi connectivity index (χ1v) is 27.3. The Morgan fingerprint density at radius 1 is 0.228 bits per heavy atom. The Kier molecular flexibility index (Phi) is 39.0. The molecule has 0 saturated heterocycles. The number of pyridine rings is 4. The first kappa shape index (κ1) is 82.6. The maximum Gasteiger partial charge on any atom is 3.00 e. The molecule has 2 radical (unpaired) electrons. The molecule has 92 heavy (non-hydrogen) atoms. The zero-order valence-electron chi connectivity index (χ0n) is 47.2. The average Bonchev–Trinajstić information content (AvgIpc) is 0.845.